The Morgan fingerprint density at radius 1 is 1.55 bits per heavy atom. The van der Waals surface area contributed by atoms with Crippen molar-refractivity contribution >= 4 is 23.0 Å². The van der Waals surface area contributed by atoms with Crippen molar-refractivity contribution in [3.63, 3.8) is 0 Å². The molecule has 1 fully saturated rings. The number of hydrogen-bond acceptors (Lipinski definition) is 4. The summed E-state index contributed by atoms with van der Waals surface area (Å²) in [4.78, 5) is 10.3. The molecule has 2 rings (SSSR count). The molecule has 0 aromatic heterocycles. The molecule has 0 spiro atoms. The lowest BCUT2D eigenvalue weighted by Gasteiger charge is -2.22. The lowest BCUT2D eigenvalue weighted by atomic mass is 9.96. The molecule has 7 heteroatoms. The van der Waals surface area contributed by atoms with Crippen molar-refractivity contribution in [3.8, 4) is 0 Å². The second kappa shape index (κ2) is 6.85. The van der Waals surface area contributed by atoms with Crippen molar-refractivity contribution in [1.29, 1.82) is 0 Å². The summed E-state index contributed by atoms with van der Waals surface area (Å²) >= 11 is 5.67. The molecule has 1 aromatic carbocycles. The fourth-order valence-corrected chi connectivity index (χ4v) is 2.57. The average Bonchev–Trinajstić information content (AvgIpc) is 2.43. The second-order valence-electron chi connectivity index (χ2n) is 4.97. The molecule has 110 valence electrons. The number of halogens is 2. The van der Waals surface area contributed by atoms with Crippen LogP contribution in [0, 0.1) is 21.8 Å². The van der Waals surface area contributed by atoms with E-state index in [2.05, 4.69) is 10.6 Å². The Morgan fingerprint density at radius 2 is 2.35 bits per heavy atom. The van der Waals surface area contributed by atoms with Gasteiger partial charge >= 0.3 is 0 Å². The summed E-state index contributed by atoms with van der Waals surface area (Å²) in [6.45, 7) is 2.64. The SMILES string of the molecule is O=[N+]([O-])c1cc(F)c(Cl)cc1NCCC1CCCNC1. The van der Waals surface area contributed by atoms with Crippen LogP contribution >= 0.6 is 11.6 Å². The minimum absolute atomic E-state index is 0.113. The van der Waals surface area contributed by atoms with Crippen LogP contribution in [0.2, 0.25) is 5.02 Å². The maximum Gasteiger partial charge on any atom is 0.295 e. The van der Waals surface area contributed by atoms with E-state index >= 15 is 0 Å². The van der Waals surface area contributed by atoms with Gasteiger partial charge in [0.05, 0.1) is 16.0 Å². The van der Waals surface area contributed by atoms with E-state index in [0.717, 1.165) is 32.0 Å². The van der Waals surface area contributed by atoms with Gasteiger partial charge in [0.2, 0.25) is 0 Å². The number of piperidine rings is 1. The van der Waals surface area contributed by atoms with Gasteiger partial charge in [0, 0.05) is 6.54 Å². The minimum atomic E-state index is -0.777. The van der Waals surface area contributed by atoms with Crippen LogP contribution in [0.1, 0.15) is 19.3 Å². The van der Waals surface area contributed by atoms with Crippen LogP contribution < -0.4 is 10.6 Å². The highest BCUT2D eigenvalue weighted by Gasteiger charge is 2.18. The van der Waals surface area contributed by atoms with Crippen LogP contribution in [0.25, 0.3) is 0 Å². The highest BCUT2D eigenvalue weighted by molar-refractivity contribution is 6.31. The van der Waals surface area contributed by atoms with Crippen LogP contribution in [0.5, 0.6) is 0 Å². The molecule has 1 aromatic rings. The first-order chi connectivity index (χ1) is 9.58. The van der Waals surface area contributed by atoms with E-state index in [0.29, 0.717) is 12.5 Å². The Bertz CT molecular complexity index is 493. The number of rotatable bonds is 5. The summed E-state index contributed by atoms with van der Waals surface area (Å²) < 4.78 is 13.3. The second-order valence-corrected chi connectivity index (χ2v) is 5.38. The third kappa shape index (κ3) is 3.80. The standard InChI is InChI=1S/C13H17ClFN3O2/c14-10-6-12(13(18(19)20)7-11(10)15)17-5-3-9-2-1-4-16-8-9/h6-7,9,16-17H,1-5,8H2. The number of nitrogens with one attached hydrogen (secondary N) is 2. The van der Waals surface area contributed by atoms with Gasteiger partial charge in [0.25, 0.3) is 5.69 Å². The minimum Gasteiger partial charge on any atom is -0.379 e. The van der Waals surface area contributed by atoms with E-state index < -0.39 is 10.7 Å². The molecule has 1 unspecified atom stereocenters. The predicted molar refractivity (Wildman–Crippen MR) is 76.8 cm³/mol. The Hall–Kier alpha value is -1.40. The summed E-state index contributed by atoms with van der Waals surface area (Å²) in [5.74, 6) is -0.202. The highest BCUT2D eigenvalue weighted by atomic mass is 35.5. The molecule has 20 heavy (non-hydrogen) atoms. The van der Waals surface area contributed by atoms with Gasteiger partial charge in [-0.2, -0.15) is 0 Å². The fourth-order valence-electron chi connectivity index (χ4n) is 2.41. The number of hydrogen-bond donors (Lipinski definition) is 2. The monoisotopic (exact) mass is 301 g/mol. The molecule has 5 nitrogen and oxygen atoms in total. The summed E-state index contributed by atoms with van der Waals surface area (Å²) in [7, 11) is 0. The molecule has 1 aliphatic heterocycles. The molecule has 1 saturated heterocycles. The van der Waals surface area contributed by atoms with Gasteiger partial charge in [-0.05, 0) is 44.3 Å². The van der Waals surface area contributed by atoms with Gasteiger partial charge in [-0.3, -0.25) is 10.1 Å². The zero-order valence-corrected chi connectivity index (χ0v) is 11.8. The first-order valence-corrected chi connectivity index (χ1v) is 7.03. The van der Waals surface area contributed by atoms with Gasteiger partial charge in [-0.25, -0.2) is 4.39 Å². The average molecular weight is 302 g/mol. The van der Waals surface area contributed by atoms with Crippen molar-refractivity contribution in [1.82, 2.24) is 5.32 Å². The topological polar surface area (TPSA) is 67.2 Å². The first kappa shape index (κ1) is 15.0. The largest absolute Gasteiger partial charge is 0.379 e. The number of anilines is 1. The van der Waals surface area contributed by atoms with Gasteiger partial charge in [0.15, 0.2) is 0 Å². The van der Waals surface area contributed by atoms with E-state index in [1.165, 1.54) is 12.5 Å². The molecular weight excluding hydrogens is 285 g/mol. The zero-order valence-electron chi connectivity index (χ0n) is 11.0. The summed E-state index contributed by atoms with van der Waals surface area (Å²) in [5, 5.41) is 17.1. The van der Waals surface area contributed by atoms with Crippen molar-refractivity contribution in [2.75, 3.05) is 25.0 Å². The predicted octanol–water partition coefficient (Wildman–Crippen LogP) is 3.19. The molecule has 0 bridgehead atoms. The number of nitro benzene ring substituents is 1. The summed E-state index contributed by atoms with van der Waals surface area (Å²) in [5.41, 5.74) is -0.0150. The number of nitro groups is 1. The Balaban J connectivity index is 1.97. The quantitative estimate of drug-likeness (QED) is 0.647. The number of nitrogens with zero attached hydrogens (tertiary/aromatic N) is 1. The van der Waals surface area contributed by atoms with Crippen molar-refractivity contribution in [3.05, 3.63) is 33.1 Å². The molecule has 1 heterocycles. The third-order valence-electron chi connectivity index (χ3n) is 3.50. The van der Waals surface area contributed by atoms with Crippen LogP contribution in [-0.2, 0) is 0 Å². The van der Waals surface area contributed by atoms with E-state index in [4.69, 9.17) is 11.6 Å². The lowest BCUT2D eigenvalue weighted by Crippen LogP contribution is -2.30. The summed E-state index contributed by atoms with van der Waals surface area (Å²) in [6.07, 6.45) is 3.24. The van der Waals surface area contributed by atoms with Crippen molar-refractivity contribution in [2.45, 2.75) is 19.3 Å². The summed E-state index contributed by atoms with van der Waals surface area (Å²) in [6, 6.07) is 2.13. The van der Waals surface area contributed by atoms with Crippen molar-refractivity contribution < 1.29 is 9.31 Å². The Labute approximate surface area is 121 Å². The lowest BCUT2D eigenvalue weighted by molar-refractivity contribution is -0.384. The molecule has 1 atom stereocenters. The van der Waals surface area contributed by atoms with Gasteiger partial charge in [-0.1, -0.05) is 11.6 Å². The van der Waals surface area contributed by atoms with E-state index in [-0.39, 0.29) is 16.4 Å². The van der Waals surface area contributed by atoms with Crippen molar-refractivity contribution in [2.24, 2.45) is 5.92 Å². The molecule has 2 N–H and O–H groups in total. The Kier molecular flexibility index (Phi) is 5.14. The van der Waals surface area contributed by atoms with E-state index in [1.54, 1.807) is 0 Å². The molecule has 0 radical (unpaired) electrons. The smallest absolute Gasteiger partial charge is 0.295 e. The zero-order chi connectivity index (χ0) is 14.5. The third-order valence-corrected chi connectivity index (χ3v) is 3.79. The van der Waals surface area contributed by atoms with E-state index in [1.807, 2.05) is 0 Å². The van der Waals surface area contributed by atoms with Crippen LogP contribution in [0.4, 0.5) is 15.8 Å². The Morgan fingerprint density at radius 3 is 3.00 bits per heavy atom. The molecule has 1 aliphatic rings. The molecule has 0 saturated carbocycles. The maximum atomic E-state index is 13.3. The molecule has 0 amide bonds. The normalized spacial score (nSPS) is 18.8. The first-order valence-electron chi connectivity index (χ1n) is 6.66. The fraction of sp³-hybridized carbons (Fsp3) is 0.538. The maximum absolute atomic E-state index is 13.3. The van der Waals surface area contributed by atoms with Gasteiger partial charge in [0.1, 0.15) is 11.5 Å². The highest BCUT2D eigenvalue weighted by Crippen LogP contribution is 2.30. The van der Waals surface area contributed by atoms with Crippen LogP contribution in [0.3, 0.4) is 0 Å². The van der Waals surface area contributed by atoms with E-state index in [9.17, 15) is 14.5 Å². The van der Waals surface area contributed by atoms with Gasteiger partial charge < -0.3 is 10.6 Å². The van der Waals surface area contributed by atoms with Gasteiger partial charge in [-0.15, -0.1) is 0 Å². The molecule has 0 aliphatic carbocycles. The number of benzene rings is 1. The van der Waals surface area contributed by atoms with Crippen LogP contribution in [-0.4, -0.2) is 24.6 Å². The van der Waals surface area contributed by atoms with Crippen LogP contribution in [0.15, 0.2) is 12.1 Å². The molecular formula is C13H17ClFN3O2.